The minimum Gasteiger partial charge on any atom is -0.484 e. The molecule has 0 aliphatic carbocycles. The smallest absolute Gasteiger partial charge is 0.266 e. The van der Waals surface area contributed by atoms with E-state index >= 15 is 0 Å². The van der Waals surface area contributed by atoms with Crippen LogP contribution in [0.3, 0.4) is 0 Å². The Hall–Kier alpha value is -2.97. The van der Waals surface area contributed by atoms with Gasteiger partial charge in [-0.1, -0.05) is 17.4 Å². The summed E-state index contributed by atoms with van der Waals surface area (Å²) in [4.78, 5) is 23.4. The van der Waals surface area contributed by atoms with E-state index < -0.39 is 0 Å². The van der Waals surface area contributed by atoms with E-state index in [1.807, 2.05) is 29.8 Å². The highest BCUT2D eigenvalue weighted by molar-refractivity contribution is 7.22. The molecule has 0 unspecified atom stereocenters. The van der Waals surface area contributed by atoms with Crippen molar-refractivity contribution in [1.29, 1.82) is 0 Å². The number of amides is 1. The molecule has 0 radical (unpaired) electrons. The summed E-state index contributed by atoms with van der Waals surface area (Å²) in [6.07, 6.45) is 6.12. The van der Waals surface area contributed by atoms with E-state index in [4.69, 9.17) is 4.74 Å². The Morgan fingerprint density at radius 1 is 1.23 bits per heavy atom. The predicted octanol–water partition coefficient (Wildman–Crippen LogP) is 4.86. The molecule has 0 fully saturated rings. The third-order valence-corrected chi connectivity index (χ3v) is 5.64. The van der Waals surface area contributed by atoms with Gasteiger partial charge in [-0.05, 0) is 55.3 Å². The van der Waals surface area contributed by atoms with Crippen LogP contribution in [0.15, 0.2) is 61.2 Å². The molecule has 2 aromatic heterocycles. The second-order valence-corrected chi connectivity index (χ2v) is 7.92. The number of nitrogens with zero attached hydrogens (tertiary/aromatic N) is 4. The van der Waals surface area contributed by atoms with E-state index in [0.717, 1.165) is 28.7 Å². The van der Waals surface area contributed by atoms with Crippen molar-refractivity contribution in [2.75, 3.05) is 18.1 Å². The lowest BCUT2D eigenvalue weighted by atomic mass is 10.2. The van der Waals surface area contributed by atoms with Gasteiger partial charge in [0, 0.05) is 25.5 Å². The normalized spacial score (nSPS) is 10.6. The summed E-state index contributed by atoms with van der Waals surface area (Å²) in [5.74, 6) is -0.0941. The van der Waals surface area contributed by atoms with Gasteiger partial charge in [0.25, 0.3) is 5.91 Å². The van der Waals surface area contributed by atoms with Gasteiger partial charge < -0.3 is 9.30 Å². The number of aryl methyl sites for hydroxylation is 2. The van der Waals surface area contributed by atoms with Crippen molar-refractivity contribution in [3.05, 3.63) is 72.6 Å². The molecule has 0 bridgehead atoms. The Morgan fingerprint density at radius 2 is 2.03 bits per heavy atom. The first-order chi connectivity index (χ1) is 14.6. The van der Waals surface area contributed by atoms with Crippen LogP contribution in [0.25, 0.3) is 10.2 Å². The maximum absolute atomic E-state index is 13.1. The lowest BCUT2D eigenvalue weighted by Crippen LogP contribution is -2.36. The Balaban J connectivity index is 0.00000272. The third kappa shape index (κ3) is 5.80. The molecule has 6 nitrogen and oxygen atoms in total. The lowest BCUT2D eigenvalue weighted by Gasteiger charge is -2.20. The monoisotopic (exact) mass is 460 g/mol. The van der Waals surface area contributed by atoms with Gasteiger partial charge in [0.15, 0.2) is 11.7 Å². The lowest BCUT2D eigenvalue weighted by molar-refractivity contribution is -0.120. The van der Waals surface area contributed by atoms with E-state index in [0.29, 0.717) is 17.4 Å². The molecular weight excluding hydrogens is 439 g/mol. The van der Waals surface area contributed by atoms with Gasteiger partial charge >= 0.3 is 0 Å². The van der Waals surface area contributed by atoms with Crippen molar-refractivity contribution in [2.45, 2.75) is 19.9 Å². The number of carbonyl (C=O) groups is 1. The SMILES string of the molecule is Cc1ccc2nc(N(CCCn3ccnc3)C(=O)COc3ccc(F)cc3)sc2c1.Cl. The molecule has 2 heterocycles. The van der Waals surface area contributed by atoms with E-state index in [2.05, 4.69) is 16.0 Å². The van der Waals surface area contributed by atoms with Gasteiger partial charge in [-0.2, -0.15) is 0 Å². The average molecular weight is 461 g/mol. The quantitative estimate of drug-likeness (QED) is 0.376. The number of thiazole rings is 1. The molecule has 4 aromatic rings. The van der Waals surface area contributed by atoms with E-state index in [1.165, 1.54) is 35.6 Å². The number of imidazole rings is 1. The number of anilines is 1. The van der Waals surface area contributed by atoms with Crippen molar-refractivity contribution < 1.29 is 13.9 Å². The van der Waals surface area contributed by atoms with Gasteiger partial charge in [0.2, 0.25) is 0 Å². The number of ether oxygens (including phenoxy) is 1. The predicted molar refractivity (Wildman–Crippen MR) is 123 cm³/mol. The summed E-state index contributed by atoms with van der Waals surface area (Å²) in [5, 5.41) is 0.647. The van der Waals surface area contributed by atoms with Crippen LogP contribution in [0, 0.1) is 12.7 Å². The average Bonchev–Trinajstić information content (AvgIpc) is 3.40. The van der Waals surface area contributed by atoms with Crippen LogP contribution >= 0.6 is 23.7 Å². The molecule has 4 rings (SSSR count). The van der Waals surface area contributed by atoms with Crippen LogP contribution in [-0.2, 0) is 11.3 Å². The second-order valence-electron chi connectivity index (χ2n) is 6.91. The first kappa shape index (κ1) is 22.7. The molecule has 2 aromatic carbocycles. The number of fused-ring (bicyclic) bond motifs is 1. The molecule has 162 valence electrons. The molecule has 0 aliphatic heterocycles. The fourth-order valence-corrected chi connectivity index (χ4v) is 4.15. The highest BCUT2D eigenvalue weighted by atomic mass is 35.5. The van der Waals surface area contributed by atoms with Crippen molar-refractivity contribution in [1.82, 2.24) is 14.5 Å². The van der Waals surface area contributed by atoms with Gasteiger partial charge in [0.1, 0.15) is 11.6 Å². The Kier molecular flexibility index (Phi) is 7.59. The highest BCUT2D eigenvalue weighted by Gasteiger charge is 2.20. The molecule has 0 N–H and O–H groups in total. The van der Waals surface area contributed by atoms with Gasteiger partial charge in [-0.3, -0.25) is 9.69 Å². The first-order valence-electron chi connectivity index (χ1n) is 9.60. The van der Waals surface area contributed by atoms with E-state index in [-0.39, 0.29) is 30.7 Å². The summed E-state index contributed by atoms with van der Waals surface area (Å²) in [7, 11) is 0. The Labute approximate surface area is 189 Å². The van der Waals surface area contributed by atoms with Crippen LogP contribution in [-0.4, -0.2) is 33.6 Å². The maximum Gasteiger partial charge on any atom is 0.266 e. The summed E-state index contributed by atoms with van der Waals surface area (Å²) >= 11 is 1.49. The van der Waals surface area contributed by atoms with E-state index in [1.54, 1.807) is 17.4 Å². The van der Waals surface area contributed by atoms with Crippen LogP contribution in [0.1, 0.15) is 12.0 Å². The highest BCUT2D eigenvalue weighted by Crippen LogP contribution is 2.30. The first-order valence-corrected chi connectivity index (χ1v) is 10.4. The zero-order valence-corrected chi connectivity index (χ0v) is 18.5. The van der Waals surface area contributed by atoms with Gasteiger partial charge in [-0.25, -0.2) is 14.4 Å². The summed E-state index contributed by atoms with van der Waals surface area (Å²) in [5.41, 5.74) is 2.02. The van der Waals surface area contributed by atoms with Crippen molar-refractivity contribution in [2.24, 2.45) is 0 Å². The minimum atomic E-state index is -0.348. The molecule has 0 saturated carbocycles. The number of halogens is 2. The van der Waals surface area contributed by atoms with Crippen molar-refractivity contribution in [3.8, 4) is 5.75 Å². The summed E-state index contributed by atoms with van der Waals surface area (Å²) in [6.45, 7) is 3.13. The number of hydrogen-bond donors (Lipinski definition) is 0. The Bertz CT molecular complexity index is 1130. The third-order valence-electron chi connectivity index (χ3n) is 4.60. The zero-order chi connectivity index (χ0) is 20.9. The summed E-state index contributed by atoms with van der Waals surface area (Å²) in [6, 6.07) is 11.7. The van der Waals surface area contributed by atoms with Crippen LogP contribution in [0.4, 0.5) is 9.52 Å². The number of benzene rings is 2. The number of aromatic nitrogens is 3. The molecule has 9 heteroatoms. The van der Waals surface area contributed by atoms with Crippen molar-refractivity contribution >= 4 is 45.0 Å². The molecule has 0 atom stereocenters. The van der Waals surface area contributed by atoms with Crippen molar-refractivity contribution in [3.63, 3.8) is 0 Å². The molecule has 0 spiro atoms. The number of carbonyl (C=O) groups excluding carboxylic acids is 1. The molecule has 1 amide bonds. The molecule has 31 heavy (non-hydrogen) atoms. The topological polar surface area (TPSA) is 60.2 Å². The minimum absolute atomic E-state index is 0. The fraction of sp³-hybridized carbons (Fsp3) is 0.227. The summed E-state index contributed by atoms with van der Waals surface area (Å²) < 4.78 is 21.7. The molecule has 0 saturated heterocycles. The Morgan fingerprint density at radius 3 is 2.77 bits per heavy atom. The zero-order valence-electron chi connectivity index (χ0n) is 16.9. The second kappa shape index (κ2) is 10.4. The fourth-order valence-electron chi connectivity index (χ4n) is 3.05. The van der Waals surface area contributed by atoms with Gasteiger partial charge in [0.05, 0.1) is 16.5 Å². The van der Waals surface area contributed by atoms with Crippen LogP contribution in [0.2, 0.25) is 0 Å². The molecule has 0 aliphatic rings. The van der Waals surface area contributed by atoms with Crippen LogP contribution in [0.5, 0.6) is 5.75 Å². The largest absolute Gasteiger partial charge is 0.484 e. The van der Waals surface area contributed by atoms with E-state index in [9.17, 15) is 9.18 Å². The number of hydrogen-bond acceptors (Lipinski definition) is 5. The molecular formula is C22H22ClFN4O2S. The number of rotatable bonds is 8. The van der Waals surface area contributed by atoms with Gasteiger partial charge in [-0.15, -0.1) is 12.4 Å². The standard InChI is InChI=1S/C22H21FN4O2S.ClH/c1-16-3-8-19-20(13-16)30-22(25-19)27(11-2-10-26-12-9-24-15-26)21(28)14-29-18-6-4-17(23)5-7-18;/h3-9,12-13,15H,2,10-11,14H2,1H3;1H. The maximum atomic E-state index is 13.1. The van der Waals surface area contributed by atoms with Crippen LogP contribution < -0.4 is 9.64 Å².